The Bertz CT molecular complexity index is 1670. The number of methoxy groups -OCH3 is 1. The molecular formula is C34H30N2O6. The minimum atomic E-state index is -1.24. The lowest BCUT2D eigenvalue weighted by Gasteiger charge is -2.49. The Morgan fingerprint density at radius 3 is 2.10 bits per heavy atom. The van der Waals surface area contributed by atoms with Gasteiger partial charge >= 0.3 is 0 Å². The van der Waals surface area contributed by atoms with Crippen LogP contribution >= 0.6 is 0 Å². The quantitative estimate of drug-likeness (QED) is 0.361. The van der Waals surface area contributed by atoms with Crippen molar-refractivity contribution in [1.82, 2.24) is 0 Å². The van der Waals surface area contributed by atoms with Crippen LogP contribution in [0.5, 0.6) is 11.5 Å². The zero-order chi connectivity index (χ0) is 29.3. The number of amides is 4. The molecule has 3 fully saturated rings. The first-order valence-corrected chi connectivity index (χ1v) is 14.2. The van der Waals surface area contributed by atoms with Gasteiger partial charge in [0.1, 0.15) is 11.5 Å². The number of anilines is 2. The van der Waals surface area contributed by atoms with E-state index in [4.69, 9.17) is 4.74 Å². The van der Waals surface area contributed by atoms with Gasteiger partial charge in [-0.05, 0) is 68.1 Å². The number of aromatic hydroxyl groups is 1. The van der Waals surface area contributed by atoms with E-state index in [9.17, 15) is 24.3 Å². The lowest BCUT2D eigenvalue weighted by Crippen LogP contribution is -2.48. The molecule has 2 saturated heterocycles. The number of allylic oxidation sites excluding steroid dienone is 2. The summed E-state index contributed by atoms with van der Waals surface area (Å²) in [5.74, 6) is -3.93. The van der Waals surface area contributed by atoms with E-state index in [0.29, 0.717) is 29.1 Å². The first-order chi connectivity index (χ1) is 20.3. The third-order valence-corrected chi connectivity index (χ3v) is 9.85. The van der Waals surface area contributed by atoms with Gasteiger partial charge in [0, 0.05) is 11.5 Å². The number of ether oxygens (including phenoxy) is 1. The minimum Gasteiger partial charge on any atom is -0.508 e. The van der Waals surface area contributed by atoms with E-state index in [1.165, 1.54) is 23.0 Å². The molecule has 2 heterocycles. The molecule has 0 radical (unpaired) electrons. The third kappa shape index (κ3) is 3.47. The average Bonchev–Trinajstić information content (AvgIpc) is 3.38. The van der Waals surface area contributed by atoms with Crippen LogP contribution in [0.1, 0.15) is 31.2 Å². The molecule has 4 amide bonds. The summed E-state index contributed by atoms with van der Waals surface area (Å²) < 4.78 is 5.48. The number of nitrogens with zero attached hydrogens (tertiary/aromatic N) is 2. The van der Waals surface area contributed by atoms with Crippen molar-refractivity contribution in [2.45, 2.75) is 25.7 Å². The van der Waals surface area contributed by atoms with Gasteiger partial charge in [0.25, 0.3) is 0 Å². The van der Waals surface area contributed by atoms with Crippen LogP contribution in [0.2, 0.25) is 0 Å². The van der Waals surface area contributed by atoms with Crippen LogP contribution in [-0.4, -0.2) is 35.8 Å². The van der Waals surface area contributed by atoms with Crippen molar-refractivity contribution in [3.63, 3.8) is 0 Å². The molecule has 212 valence electrons. The molecule has 2 aliphatic carbocycles. The molecule has 0 aromatic heterocycles. The topological polar surface area (TPSA) is 104 Å². The third-order valence-electron chi connectivity index (χ3n) is 9.85. The van der Waals surface area contributed by atoms with E-state index in [0.717, 1.165) is 5.57 Å². The number of rotatable bonds is 4. The molecule has 1 N–H and O–H groups in total. The minimum absolute atomic E-state index is 0.0254. The van der Waals surface area contributed by atoms with E-state index in [1.807, 2.05) is 18.2 Å². The van der Waals surface area contributed by atoms with Crippen LogP contribution in [0.25, 0.3) is 0 Å². The molecule has 8 heteroatoms. The van der Waals surface area contributed by atoms with Crippen LogP contribution in [0.3, 0.4) is 0 Å². The number of phenols is 1. The van der Waals surface area contributed by atoms with Crippen LogP contribution < -0.4 is 14.5 Å². The number of carbonyl (C=O) groups excluding carboxylic acids is 4. The van der Waals surface area contributed by atoms with E-state index in [-0.39, 0.29) is 35.8 Å². The Morgan fingerprint density at radius 1 is 0.810 bits per heavy atom. The summed E-state index contributed by atoms with van der Waals surface area (Å²) in [4.78, 5) is 58.8. The Kier molecular flexibility index (Phi) is 5.87. The maximum Gasteiger partial charge on any atom is 0.241 e. The van der Waals surface area contributed by atoms with Crippen LogP contribution in [0.15, 0.2) is 90.5 Å². The number of hydrogen-bond acceptors (Lipinski definition) is 6. The number of para-hydroxylation sites is 2. The fourth-order valence-corrected chi connectivity index (χ4v) is 7.90. The molecule has 42 heavy (non-hydrogen) atoms. The highest BCUT2D eigenvalue weighted by Crippen LogP contribution is 2.64. The van der Waals surface area contributed by atoms with Gasteiger partial charge in [-0.3, -0.25) is 24.1 Å². The van der Waals surface area contributed by atoms with Gasteiger partial charge in [-0.1, -0.05) is 48.0 Å². The maximum atomic E-state index is 14.4. The lowest BCUT2D eigenvalue weighted by molar-refractivity contribution is -0.131. The number of phenolic OH excluding ortho intramolecular Hbond substituents is 1. The van der Waals surface area contributed by atoms with Gasteiger partial charge in [0.05, 0.1) is 41.7 Å². The molecule has 6 atom stereocenters. The summed E-state index contributed by atoms with van der Waals surface area (Å²) >= 11 is 0. The second-order valence-electron chi connectivity index (χ2n) is 11.8. The Morgan fingerprint density at radius 2 is 1.45 bits per heavy atom. The van der Waals surface area contributed by atoms with Crippen LogP contribution in [-0.2, 0) is 19.2 Å². The summed E-state index contributed by atoms with van der Waals surface area (Å²) in [5.41, 5.74) is 1.04. The summed E-state index contributed by atoms with van der Waals surface area (Å²) in [6, 6.07) is 22.6. The van der Waals surface area contributed by atoms with Crippen molar-refractivity contribution >= 4 is 35.0 Å². The zero-order valence-corrected chi connectivity index (χ0v) is 23.3. The van der Waals surface area contributed by atoms with Crippen molar-refractivity contribution in [1.29, 1.82) is 0 Å². The SMILES string of the molecule is COc1ccc(O)c([C@H]2C3=CC[C@@H]4C(=O)N(c5ccccc5)C(=O)[C@@H]4[C@@H]3C[C@H]3C(=O)N(c4ccccc4)C(=O)[C@@]23C)c1. The molecule has 4 aliphatic rings. The van der Waals surface area contributed by atoms with Crippen molar-refractivity contribution in [2.75, 3.05) is 16.9 Å². The molecule has 0 spiro atoms. The van der Waals surface area contributed by atoms with Gasteiger partial charge in [-0.15, -0.1) is 0 Å². The first-order valence-electron chi connectivity index (χ1n) is 14.2. The van der Waals surface area contributed by atoms with Gasteiger partial charge < -0.3 is 9.84 Å². The first kappa shape index (κ1) is 26.2. The summed E-state index contributed by atoms with van der Waals surface area (Å²) in [7, 11) is 1.52. The molecule has 0 unspecified atom stereocenters. The highest BCUT2D eigenvalue weighted by Gasteiger charge is 2.68. The number of hydrogen-bond donors (Lipinski definition) is 1. The Hall–Kier alpha value is -4.72. The zero-order valence-electron chi connectivity index (χ0n) is 23.3. The molecule has 3 aromatic carbocycles. The summed E-state index contributed by atoms with van der Waals surface area (Å²) in [6.07, 6.45) is 2.55. The molecule has 0 bridgehead atoms. The van der Waals surface area contributed by atoms with E-state index < -0.39 is 35.0 Å². The van der Waals surface area contributed by atoms with Crippen LogP contribution in [0.4, 0.5) is 11.4 Å². The molecular weight excluding hydrogens is 532 g/mol. The second-order valence-corrected chi connectivity index (χ2v) is 11.8. The van der Waals surface area contributed by atoms with Gasteiger partial charge in [-0.2, -0.15) is 0 Å². The fraction of sp³-hybridized carbons (Fsp3) is 0.294. The van der Waals surface area contributed by atoms with Crippen molar-refractivity contribution < 1.29 is 29.0 Å². The lowest BCUT2D eigenvalue weighted by atomic mass is 9.51. The molecule has 8 nitrogen and oxygen atoms in total. The predicted molar refractivity (Wildman–Crippen MR) is 155 cm³/mol. The monoisotopic (exact) mass is 562 g/mol. The van der Waals surface area contributed by atoms with Gasteiger partial charge in [0.15, 0.2) is 0 Å². The molecule has 3 aromatic rings. The van der Waals surface area contributed by atoms with E-state index in [2.05, 4.69) is 0 Å². The van der Waals surface area contributed by atoms with Crippen molar-refractivity contribution in [3.05, 3.63) is 96.1 Å². The highest BCUT2D eigenvalue weighted by atomic mass is 16.5. The number of imide groups is 2. The van der Waals surface area contributed by atoms with E-state index >= 15 is 0 Å². The fourth-order valence-electron chi connectivity index (χ4n) is 7.90. The normalized spacial score (nSPS) is 30.1. The van der Waals surface area contributed by atoms with E-state index in [1.54, 1.807) is 67.6 Å². The average molecular weight is 563 g/mol. The molecule has 7 rings (SSSR count). The van der Waals surface area contributed by atoms with Crippen LogP contribution in [0, 0.1) is 29.1 Å². The standard InChI is InChI=1S/C34H30N2O6/c1-34-26(31(39)36(33(34)41)20-11-7-4-8-12-20)18-24-22(29(34)25-17-21(42-2)13-16-27(25)37)14-15-23-28(24)32(40)35(30(23)38)19-9-5-3-6-10-19/h3-14,16-17,23-24,26,28-29,37H,15,18H2,1-2H3/t23-,24+,26-,28-,29+,34+/m0/s1. The number of benzene rings is 3. The molecule has 1 saturated carbocycles. The number of fused-ring (bicyclic) bond motifs is 4. The number of carbonyl (C=O) groups is 4. The smallest absolute Gasteiger partial charge is 0.241 e. The van der Waals surface area contributed by atoms with Crippen molar-refractivity contribution in [2.24, 2.45) is 29.1 Å². The second kappa shape index (κ2) is 9.41. The van der Waals surface area contributed by atoms with Gasteiger partial charge in [0.2, 0.25) is 23.6 Å². The van der Waals surface area contributed by atoms with Gasteiger partial charge in [-0.25, -0.2) is 4.90 Å². The highest BCUT2D eigenvalue weighted by molar-refractivity contribution is 6.25. The maximum absolute atomic E-state index is 14.4. The Balaban J connectivity index is 1.40. The largest absolute Gasteiger partial charge is 0.508 e. The summed E-state index contributed by atoms with van der Waals surface area (Å²) in [6.45, 7) is 1.80. The summed E-state index contributed by atoms with van der Waals surface area (Å²) in [5, 5.41) is 11.2. The Labute approximate surface area is 243 Å². The predicted octanol–water partition coefficient (Wildman–Crippen LogP) is 4.84. The molecule has 2 aliphatic heterocycles. The van der Waals surface area contributed by atoms with Crippen molar-refractivity contribution in [3.8, 4) is 11.5 Å².